The predicted octanol–water partition coefficient (Wildman–Crippen LogP) is 2.55. The van der Waals surface area contributed by atoms with Gasteiger partial charge in [-0.3, -0.25) is 4.90 Å². The molecule has 0 spiro atoms. The summed E-state index contributed by atoms with van der Waals surface area (Å²) in [6, 6.07) is 2.44. The van der Waals surface area contributed by atoms with E-state index in [0.717, 1.165) is 38.4 Å². The predicted molar refractivity (Wildman–Crippen MR) is 91.4 cm³/mol. The maximum Gasteiger partial charge on any atom is 0.337 e. The molecule has 0 saturated carbocycles. The highest BCUT2D eigenvalue weighted by atomic mass is 35.5. The van der Waals surface area contributed by atoms with E-state index in [1.807, 2.05) is 0 Å². The largest absolute Gasteiger partial charge is 0.478 e. The normalized spacial score (nSPS) is 23.0. The van der Waals surface area contributed by atoms with Crippen molar-refractivity contribution in [2.24, 2.45) is 0 Å². The van der Waals surface area contributed by atoms with Crippen LogP contribution in [0.2, 0.25) is 10.0 Å². The molecule has 9 heteroatoms. The SMILES string of the molecule is O=C(O)c1cc(S(=O)(=O)N2CCC(N3CCCC3)C2)c(Cl)cc1Cl. The lowest BCUT2D eigenvalue weighted by atomic mass is 10.2. The van der Waals surface area contributed by atoms with Crippen molar-refractivity contribution in [1.82, 2.24) is 9.21 Å². The smallest absolute Gasteiger partial charge is 0.337 e. The van der Waals surface area contributed by atoms with Crippen molar-refractivity contribution in [3.05, 3.63) is 27.7 Å². The Morgan fingerprint density at radius 2 is 1.79 bits per heavy atom. The van der Waals surface area contributed by atoms with Gasteiger partial charge in [-0.15, -0.1) is 0 Å². The Kier molecular flexibility index (Phi) is 5.09. The van der Waals surface area contributed by atoms with Gasteiger partial charge < -0.3 is 5.11 Å². The van der Waals surface area contributed by atoms with Crippen LogP contribution >= 0.6 is 23.2 Å². The highest BCUT2D eigenvalue weighted by molar-refractivity contribution is 7.89. The van der Waals surface area contributed by atoms with E-state index in [-0.39, 0.29) is 26.5 Å². The molecule has 2 aliphatic heterocycles. The van der Waals surface area contributed by atoms with Crippen molar-refractivity contribution < 1.29 is 18.3 Å². The van der Waals surface area contributed by atoms with E-state index in [2.05, 4.69) is 4.90 Å². The molecule has 2 aliphatic rings. The summed E-state index contributed by atoms with van der Waals surface area (Å²) in [6.45, 7) is 2.82. The van der Waals surface area contributed by atoms with Gasteiger partial charge >= 0.3 is 5.97 Å². The quantitative estimate of drug-likeness (QED) is 0.851. The van der Waals surface area contributed by atoms with Gasteiger partial charge in [0, 0.05) is 19.1 Å². The number of sulfonamides is 1. The minimum absolute atomic E-state index is 0.0605. The second-order valence-electron chi connectivity index (χ2n) is 6.12. The first kappa shape index (κ1) is 17.9. The average Bonchev–Trinajstić information content (AvgIpc) is 3.18. The van der Waals surface area contributed by atoms with Crippen molar-refractivity contribution in [3.63, 3.8) is 0 Å². The number of aromatic carboxylic acids is 1. The zero-order valence-electron chi connectivity index (χ0n) is 12.9. The molecule has 0 bridgehead atoms. The van der Waals surface area contributed by atoms with Crippen LogP contribution in [0.4, 0.5) is 0 Å². The molecule has 0 radical (unpaired) electrons. The Hall–Kier alpha value is -0.860. The summed E-state index contributed by atoms with van der Waals surface area (Å²) in [5, 5.41) is 9.01. The Labute approximate surface area is 151 Å². The molecular weight excluding hydrogens is 375 g/mol. The number of carbonyl (C=O) groups is 1. The molecule has 2 heterocycles. The van der Waals surface area contributed by atoms with E-state index >= 15 is 0 Å². The summed E-state index contributed by atoms with van der Waals surface area (Å²) < 4.78 is 27.2. The molecule has 3 rings (SSSR count). The number of benzene rings is 1. The van der Waals surface area contributed by atoms with Crippen molar-refractivity contribution in [1.29, 1.82) is 0 Å². The number of nitrogens with zero attached hydrogens (tertiary/aromatic N) is 2. The highest BCUT2D eigenvalue weighted by Crippen LogP contribution is 2.33. The van der Waals surface area contributed by atoms with Crippen LogP contribution in [0.15, 0.2) is 17.0 Å². The fraction of sp³-hybridized carbons (Fsp3) is 0.533. The van der Waals surface area contributed by atoms with Gasteiger partial charge in [0.05, 0.1) is 15.6 Å². The van der Waals surface area contributed by atoms with Crippen LogP contribution in [0.5, 0.6) is 0 Å². The van der Waals surface area contributed by atoms with Gasteiger partial charge in [-0.25, -0.2) is 13.2 Å². The van der Waals surface area contributed by atoms with Gasteiger partial charge in [-0.2, -0.15) is 4.31 Å². The van der Waals surface area contributed by atoms with Crippen LogP contribution in [0, 0.1) is 0 Å². The number of hydrogen-bond donors (Lipinski definition) is 1. The number of hydrogen-bond acceptors (Lipinski definition) is 4. The number of carboxylic acids is 1. The topological polar surface area (TPSA) is 77.9 Å². The molecule has 1 aromatic carbocycles. The minimum Gasteiger partial charge on any atom is -0.478 e. The van der Waals surface area contributed by atoms with Crippen molar-refractivity contribution >= 4 is 39.2 Å². The molecule has 1 atom stereocenters. The van der Waals surface area contributed by atoms with E-state index < -0.39 is 16.0 Å². The second-order valence-corrected chi connectivity index (χ2v) is 8.84. The summed E-state index contributed by atoms with van der Waals surface area (Å²) in [5.74, 6) is -1.29. The van der Waals surface area contributed by atoms with E-state index in [1.54, 1.807) is 0 Å². The standard InChI is InChI=1S/C15H18Cl2N2O4S/c16-12-8-13(17)14(7-11(12)15(20)21)24(22,23)19-6-3-10(9-19)18-4-1-2-5-18/h7-8,10H,1-6,9H2,(H,20,21). The molecule has 2 fully saturated rings. The lowest BCUT2D eigenvalue weighted by Crippen LogP contribution is -2.37. The van der Waals surface area contributed by atoms with E-state index in [9.17, 15) is 13.2 Å². The van der Waals surface area contributed by atoms with Crippen LogP contribution in [0.3, 0.4) is 0 Å². The Morgan fingerprint density at radius 1 is 1.12 bits per heavy atom. The number of carboxylic acid groups (broad SMARTS) is 1. The zero-order valence-corrected chi connectivity index (χ0v) is 15.2. The van der Waals surface area contributed by atoms with Gasteiger partial charge in [-0.05, 0) is 44.5 Å². The Bertz CT molecular complexity index is 763. The molecule has 24 heavy (non-hydrogen) atoms. The van der Waals surface area contributed by atoms with Gasteiger partial charge in [0.25, 0.3) is 0 Å². The number of halogens is 2. The first-order chi connectivity index (χ1) is 11.3. The van der Waals surface area contributed by atoms with Crippen LogP contribution in [0.1, 0.15) is 29.6 Å². The maximum atomic E-state index is 12.9. The minimum atomic E-state index is -3.85. The molecule has 0 aromatic heterocycles. The van der Waals surface area contributed by atoms with E-state index in [4.69, 9.17) is 28.3 Å². The van der Waals surface area contributed by atoms with Gasteiger partial charge in [0.2, 0.25) is 10.0 Å². The summed E-state index contributed by atoms with van der Waals surface area (Å²) in [5.41, 5.74) is -0.269. The third-order valence-corrected chi connectivity index (χ3v) is 7.30. The number of likely N-dealkylation sites (tertiary alicyclic amines) is 1. The summed E-state index contributed by atoms with van der Waals surface area (Å²) >= 11 is 11.9. The Morgan fingerprint density at radius 3 is 2.42 bits per heavy atom. The fourth-order valence-corrected chi connectivity index (χ4v) is 5.68. The molecule has 0 amide bonds. The first-order valence-electron chi connectivity index (χ1n) is 7.77. The zero-order chi connectivity index (χ0) is 17.5. The molecule has 132 valence electrons. The van der Waals surface area contributed by atoms with Gasteiger partial charge in [0.15, 0.2) is 0 Å². The fourth-order valence-electron chi connectivity index (χ4n) is 3.36. The Balaban J connectivity index is 1.88. The second kappa shape index (κ2) is 6.80. The van der Waals surface area contributed by atoms with Crippen LogP contribution < -0.4 is 0 Å². The van der Waals surface area contributed by atoms with Crippen LogP contribution in [-0.4, -0.2) is 60.9 Å². The third kappa shape index (κ3) is 3.28. The van der Waals surface area contributed by atoms with E-state index in [0.29, 0.717) is 13.1 Å². The van der Waals surface area contributed by atoms with E-state index in [1.165, 1.54) is 10.4 Å². The van der Waals surface area contributed by atoms with Crippen molar-refractivity contribution in [2.45, 2.75) is 30.2 Å². The van der Waals surface area contributed by atoms with Gasteiger partial charge in [0.1, 0.15) is 4.90 Å². The third-order valence-electron chi connectivity index (χ3n) is 4.65. The van der Waals surface area contributed by atoms with Crippen molar-refractivity contribution in [2.75, 3.05) is 26.2 Å². The molecule has 1 N–H and O–H groups in total. The average molecular weight is 393 g/mol. The van der Waals surface area contributed by atoms with Crippen LogP contribution in [0.25, 0.3) is 0 Å². The summed E-state index contributed by atoms with van der Waals surface area (Å²) in [6.07, 6.45) is 3.07. The molecule has 6 nitrogen and oxygen atoms in total. The summed E-state index contributed by atoms with van der Waals surface area (Å²) in [7, 11) is -3.85. The van der Waals surface area contributed by atoms with Crippen LogP contribution in [-0.2, 0) is 10.0 Å². The molecule has 1 aromatic rings. The molecule has 1 unspecified atom stereocenters. The van der Waals surface area contributed by atoms with Gasteiger partial charge in [-0.1, -0.05) is 23.2 Å². The molecule has 0 aliphatic carbocycles. The number of rotatable bonds is 4. The molecular formula is C15H18Cl2N2O4S. The monoisotopic (exact) mass is 392 g/mol. The lowest BCUT2D eigenvalue weighted by Gasteiger charge is -2.23. The maximum absolute atomic E-state index is 12.9. The summed E-state index contributed by atoms with van der Waals surface area (Å²) in [4.78, 5) is 13.3. The lowest BCUT2D eigenvalue weighted by molar-refractivity contribution is 0.0697. The highest BCUT2D eigenvalue weighted by Gasteiger charge is 2.37. The van der Waals surface area contributed by atoms with Crippen molar-refractivity contribution in [3.8, 4) is 0 Å². The molecule has 2 saturated heterocycles. The first-order valence-corrected chi connectivity index (χ1v) is 9.97.